The Hall–Kier alpha value is -3.43. The highest BCUT2D eigenvalue weighted by Gasteiger charge is 2.18. The molecule has 0 saturated heterocycles. The van der Waals surface area contributed by atoms with E-state index < -0.39 is 0 Å². The summed E-state index contributed by atoms with van der Waals surface area (Å²) in [5, 5.41) is 10.8. The number of aromatic nitrogens is 3. The molecule has 2 heterocycles. The van der Waals surface area contributed by atoms with Gasteiger partial charge in [-0.25, -0.2) is 4.98 Å². The molecule has 0 saturated carbocycles. The molecule has 0 bridgehead atoms. The van der Waals surface area contributed by atoms with Crippen LogP contribution >= 0.6 is 22.9 Å². The fraction of sp³-hybridized carbons (Fsp3) is 0.182. The largest absolute Gasteiger partial charge is 0.429 e. The summed E-state index contributed by atoms with van der Waals surface area (Å²) in [5.41, 5.74) is 2.06. The van der Waals surface area contributed by atoms with Gasteiger partial charge in [0.25, 0.3) is 5.19 Å². The van der Waals surface area contributed by atoms with Gasteiger partial charge in [-0.3, -0.25) is 4.79 Å². The molecule has 1 amide bonds. The van der Waals surface area contributed by atoms with Gasteiger partial charge in [0.05, 0.1) is 16.1 Å². The number of halogens is 1. The maximum atomic E-state index is 11.2. The quantitative estimate of drug-likeness (QED) is 0.353. The first-order chi connectivity index (χ1) is 15.5. The Kier molecular flexibility index (Phi) is 6.67. The van der Waals surface area contributed by atoms with Crippen LogP contribution in [0.25, 0.3) is 10.7 Å². The van der Waals surface area contributed by atoms with Gasteiger partial charge in [-0.15, -0.1) is 0 Å². The summed E-state index contributed by atoms with van der Waals surface area (Å²) in [6.07, 6.45) is 1.60. The van der Waals surface area contributed by atoms with Gasteiger partial charge in [0.15, 0.2) is 0 Å². The number of thiazole rings is 1. The Morgan fingerprint density at radius 1 is 1.25 bits per heavy atom. The molecule has 8 nitrogen and oxygen atoms in total. The molecule has 0 aliphatic rings. The number of nitrogens with one attached hydrogen (secondary N) is 2. The molecule has 4 aromatic rings. The van der Waals surface area contributed by atoms with Crippen LogP contribution in [0.1, 0.15) is 31.3 Å². The summed E-state index contributed by atoms with van der Waals surface area (Å²) in [4.78, 5) is 20.4. The van der Waals surface area contributed by atoms with Crippen molar-refractivity contribution in [1.29, 1.82) is 0 Å². The minimum atomic E-state index is -0.384. The number of benzene rings is 2. The second-order valence-corrected chi connectivity index (χ2v) is 8.36. The summed E-state index contributed by atoms with van der Waals surface area (Å²) in [6.45, 7) is 3.89. The first-order valence-corrected chi connectivity index (χ1v) is 11.0. The third kappa shape index (κ3) is 5.43. The standard InChI is InChI=1S/C22H20ClN5O3S/c1-13(26-14(2)29)21-27-20(28-31-21)19-12-25-22(32-19)30-18-9-8-16(10-17(18)23)24-11-15-6-4-3-5-7-15/h3-10,12-13,24H,11H2,1-2H3,(H,26,29). The molecule has 10 heteroatoms. The summed E-state index contributed by atoms with van der Waals surface area (Å²) in [7, 11) is 0. The number of rotatable bonds is 8. The highest BCUT2D eigenvalue weighted by molar-refractivity contribution is 7.16. The van der Waals surface area contributed by atoms with Crippen molar-refractivity contribution >= 4 is 34.5 Å². The molecule has 2 aromatic carbocycles. The summed E-state index contributed by atoms with van der Waals surface area (Å²) < 4.78 is 11.1. The van der Waals surface area contributed by atoms with Crippen molar-refractivity contribution in [3.8, 4) is 21.6 Å². The first-order valence-electron chi connectivity index (χ1n) is 9.80. The topological polar surface area (TPSA) is 102 Å². The fourth-order valence-electron chi connectivity index (χ4n) is 2.87. The van der Waals surface area contributed by atoms with Crippen molar-refractivity contribution in [2.24, 2.45) is 0 Å². The van der Waals surface area contributed by atoms with Gasteiger partial charge >= 0.3 is 0 Å². The molecule has 4 rings (SSSR count). The first kappa shape index (κ1) is 21.8. The summed E-state index contributed by atoms with van der Waals surface area (Å²) in [5.74, 6) is 0.999. The van der Waals surface area contributed by atoms with E-state index in [-0.39, 0.29) is 11.9 Å². The van der Waals surface area contributed by atoms with Crippen LogP contribution in [0.5, 0.6) is 10.9 Å². The highest BCUT2D eigenvalue weighted by atomic mass is 35.5. The SMILES string of the molecule is CC(=O)NC(C)c1nc(-c2cnc(Oc3ccc(NCc4ccccc4)cc3Cl)s2)no1. The molecular weight excluding hydrogens is 450 g/mol. The van der Waals surface area contributed by atoms with E-state index in [1.807, 2.05) is 30.3 Å². The van der Waals surface area contributed by atoms with Crippen LogP contribution in [-0.2, 0) is 11.3 Å². The Morgan fingerprint density at radius 3 is 2.81 bits per heavy atom. The number of amides is 1. The maximum Gasteiger partial charge on any atom is 0.279 e. The lowest BCUT2D eigenvalue weighted by molar-refractivity contribution is -0.119. The van der Waals surface area contributed by atoms with E-state index in [1.54, 1.807) is 19.2 Å². The lowest BCUT2D eigenvalue weighted by atomic mass is 10.2. The second-order valence-electron chi connectivity index (χ2n) is 6.96. The number of anilines is 1. The van der Waals surface area contributed by atoms with Crippen molar-refractivity contribution in [1.82, 2.24) is 20.4 Å². The van der Waals surface area contributed by atoms with Crippen LogP contribution in [0.15, 0.2) is 59.3 Å². The van der Waals surface area contributed by atoms with E-state index in [0.29, 0.717) is 39.1 Å². The number of nitrogens with zero attached hydrogens (tertiary/aromatic N) is 3. The molecular formula is C22H20ClN5O3S. The predicted molar refractivity (Wildman–Crippen MR) is 123 cm³/mol. The average Bonchev–Trinajstić information content (AvgIpc) is 3.44. The van der Waals surface area contributed by atoms with Gasteiger partial charge in [0, 0.05) is 19.2 Å². The van der Waals surface area contributed by atoms with E-state index >= 15 is 0 Å². The molecule has 164 valence electrons. The number of hydrogen-bond donors (Lipinski definition) is 2. The minimum absolute atomic E-state index is 0.177. The molecule has 2 N–H and O–H groups in total. The maximum absolute atomic E-state index is 11.2. The van der Waals surface area contributed by atoms with Gasteiger partial charge < -0.3 is 19.9 Å². The molecule has 32 heavy (non-hydrogen) atoms. The monoisotopic (exact) mass is 469 g/mol. The van der Waals surface area contributed by atoms with E-state index in [9.17, 15) is 4.79 Å². The molecule has 1 unspecified atom stereocenters. The van der Waals surface area contributed by atoms with Crippen molar-refractivity contribution < 1.29 is 14.1 Å². The van der Waals surface area contributed by atoms with Crippen LogP contribution in [0.4, 0.5) is 5.69 Å². The van der Waals surface area contributed by atoms with Crippen LogP contribution in [-0.4, -0.2) is 21.0 Å². The van der Waals surface area contributed by atoms with Crippen LogP contribution in [0.3, 0.4) is 0 Å². The van der Waals surface area contributed by atoms with Crippen molar-refractivity contribution in [3.05, 3.63) is 71.2 Å². The minimum Gasteiger partial charge on any atom is -0.429 e. The second kappa shape index (κ2) is 9.80. The van der Waals surface area contributed by atoms with E-state index in [0.717, 1.165) is 5.69 Å². The molecule has 0 radical (unpaired) electrons. The summed E-state index contributed by atoms with van der Waals surface area (Å²) in [6, 6.07) is 15.2. The van der Waals surface area contributed by atoms with E-state index in [1.165, 1.54) is 23.8 Å². The lowest BCUT2D eigenvalue weighted by Gasteiger charge is -2.09. The lowest BCUT2D eigenvalue weighted by Crippen LogP contribution is -2.23. The Balaban J connectivity index is 1.40. The average molecular weight is 470 g/mol. The highest BCUT2D eigenvalue weighted by Crippen LogP contribution is 2.36. The number of carbonyl (C=O) groups is 1. The molecule has 0 fully saturated rings. The molecule has 0 aliphatic carbocycles. The van der Waals surface area contributed by atoms with Crippen molar-refractivity contribution in [2.75, 3.05) is 5.32 Å². The number of ether oxygens (including phenoxy) is 1. The summed E-state index contributed by atoms with van der Waals surface area (Å²) >= 11 is 7.66. The van der Waals surface area contributed by atoms with Crippen LogP contribution in [0.2, 0.25) is 5.02 Å². The molecule has 1 atom stereocenters. The van der Waals surface area contributed by atoms with E-state index in [2.05, 4.69) is 37.9 Å². The molecule has 0 spiro atoms. The number of carbonyl (C=O) groups excluding carboxylic acids is 1. The normalized spacial score (nSPS) is 11.7. The van der Waals surface area contributed by atoms with Gasteiger partial charge in [0.2, 0.25) is 17.6 Å². The molecule has 2 aromatic heterocycles. The van der Waals surface area contributed by atoms with E-state index in [4.69, 9.17) is 20.9 Å². The molecule has 0 aliphatic heterocycles. The van der Waals surface area contributed by atoms with Crippen LogP contribution < -0.4 is 15.4 Å². The van der Waals surface area contributed by atoms with Gasteiger partial charge in [-0.2, -0.15) is 4.98 Å². The van der Waals surface area contributed by atoms with Gasteiger partial charge in [-0.05, 0) is 30.7 Å². The Morgan fingerprint density at radius 2 is 2.06 bits per heavy atom. The third-order valence-electron chi connectivity index (χ3n) is 4.41. The zero-order chi connectivity index (χ0) is 22.5. The third-order valence-corrected chi connectivity index (χ3v) is 5.57. The Labute approximate surface area is 193 Å². The number of hydrogen-bond acceptors (Lipinski definition) is 8. The van der Waals surface area contributed by atoms with Crippen molar-refractivity contribution in [2.45, 2.75) is 26.4 Å². The van der Waals surface area contributed by atoms with Gasteiger partial charge in [-0.1, -0.05) is 58.4 Å². The fourth-order valence-corrected chi connectivity index (χ4v) is 3.80. The Bertz CT molecular complexity index is 1210. The smallest absolute Gasteiger partial charge is 0.279 e. The van der Waals surface area contributed by atoms with Crippen LogP contribution in [0, 0.1) is 0 Å². The zero-order valence-corrected chi connectivity index (χ0v) is 18.9. The van der Waals surface area contributed by atoms with Gasteiger partial charge in [0.1, 0.15) is 11.8 Å². The zero-order valence-electron chi connectivity index (χ0n) is 17.3. The van der Waals surface area contributed by atoms with Crippen molar-refractivity contribution in [3.63, 3.8) is 0 Å². The predicted octanol–water partition coefficient (Wildman–Crippen LogP) is 5.45.